The SMILES string of the molecule is COC(C)COc1ccc(Br)cc1C(=O)O. The van der Waals surface area contributed by atoms with Gasteiger partial charge in [-0.3, -0.25) is 0 Å². The molecule has 5 heteroatoms. The standard InChI is InChI=1S/C11H13BrO4/c1-7(15-2)6-16-10-4-3-8(12)5-9(10)11(13)14/h3-5,7H,6H2,1-2H3,(H,13,14). The molecule has 1 N–H and O–H groups in total. The minimum Gasteiger partial charge on any atom is -0.490 e. The Morgan fingerprint density at radius 1 is 1.56 bits per heavy atom. The lowest BCUT2D eigenvalue weighted by Crippen LogP contribution is -2.17. The van der Waals surface area contributed by atoms with Gasteiger partial charge in [-0.2, -0.15) is 0 Å². The summed E-state index contributed by atoms with van der Waals surface area (Å²) in [6.45, 7) is 2.16. The van der Waals surface area contributed by atoms with Crippen molar-refractivity contribution in [1.29, 1.82) is 0 Å². The van der Waals surface area contributed by atoms with Crippen LogP contribution in [0.1, 0.15) is 17.3 Å². The van der Waals surface area contributed by atoms with Crippen molar-refractivity contribution in [2.24, 2.45) is 0 Å². The van der Waals surface area contributed by atoms with E-state index in [0.29, 0.717) is 16.8 Å². The molecule has 0 saturated carbocycles. The van der Waals surface area contributed by atoms with Gasteiger partial charge in [-0.25, -0.2) is 4.79 Å². The summed E-state index contributed by atoms with van der Waals surface area (Å²) < 4.78 is 11.1. The van der Waals surface area contributed by atoms with Crippen molar-refractivity contribution in [2.75, 3.05) is 13.7 Å². The lowest BCUT2D eigenvalue weighted by Gasteiger charge is -2.13. The Balaban J connectivity index is 2.82. The number of carboxylic acid groups (broad SMARTS) is 1. The number of carboxylic acids is 1. The van der Waals surface area contributed by atoms with Gasteiger partial charge < -0.3 is 14.6 Å². The molecule has 0 aliphatic heterocycles. The molecule has 0 bridgehead atoms. The molecule has 0 fully saturated rings. The van der Waals surface area contributed by atoms with Crippen LogP contribution in [-0.2, 0) is 4.74 Å². The quantitative estimate of drug-likeness (QED) is 0.905. The van der Waals surface area contributed by atoms with Crippen LogP contribution in [0, 0.1) is 0 Å². The minimum absolute atomic E-state index is 0.0784. The summed E-state index contributed by atoms with van der Waals surface area (Å²) >= 11 is 3.21. The monoisotopic (exact) mass is 288 g/mol. The van der Waals surface area contributed by atoms with E-state index in [9.17, 15) is 4.79 Å². The topological polar surface area (TPSA) is 55.8 Å². The van der Waals surface area contributed by atoms with E-state index in [2.05, 4.69) is 15.9 Å². The maximum absolute atomic E-state index is 11.0. The molecule has 4 nitrogen and oxygen atoms in total. The van der Waals surface area contributed by atoms with Gasteiger partial charge in [-0.1, -0.05) is 15.9 Å². The number of halogens is 1. The van der Waals surface area contributed by atoms with Gasteiger partial charge in [0.05, 0.1) is 6.10 Å². The van der Waals surface area contributed by atoms with E-state index in [4.69, 9.17) is 14.6 Å². The lowest BCUT2D eigenvalue weighted by atomic mass is 10.2. The third-order valence-electron chi connectivity index (χ3n) is 2.05. The third-order valence-corrected chi connectivity index (χ3v) is 2.54. The zero-order valence-corrected chi connectivity index (χ0v) is 10.7. The average molecular weight is 289 g/mol. The first-order valence-corrected chi connectivity index (χ1v) is 5.52. The number of hydrogen-bond donors (Lipinski definition) is 1. The minimum atomic E-state index is -1.01. The summed E-state index contributed by atoms with van der Waals surface area (Å²) in [6, 6.07) is 4.87. The number of aromatic carboxylic acids is 1. The largest absolute Gasteiger partial charge is 0.490 e. The molecular weight excluding hydrogens is 276 g/mol. The second-order valence-corrected chi connectivity index (χ2v) is 4.22. The van der Waals surface area contributed by atoms with Crippen molar-refractivity contribution < 1.29 is 19.4 Å². The zero-order chi connectivity index (χ0) is 12.1. The second-order valence-electron chi connectivity index (χ2n) is 3.30. The molecule has 0 amide bonds. The highest BCUT2D eigenvalue weighted by atomic mass is 79.9. The second kappa shape index (κ2) is 5.86. The summed E-state index contributed by atoms with van der Waals surface area (Å²) in [6.07, 6.45) is -0.0784. The normalized spacial score (nSPS) is 12.2. The highest BCUT2D eigenvalue weighted by molar-refractivity contribution is 9.10. The molecule has 0 aromatic heterocycles. The molecule has 0 radical (unpaired) electrons. The van der Waals surface area contributed by atoms with Crippen LogP contribution in [0.25, 0.3) is 0 Å². The van der Waals surface area contributed by atoms with Crippen LogP contribution in [0.4, 0.5) is 0 Å². The Morgan fingerprint density at radius 2 is 2.25 bits per heavy atom. The first-order chi connectivity index (χ1) is 7.54. The van der Waals surface area contributed by atoms with Gasteiger partial charge in [0.25, 0.3) is 0 Å². The van der Waals surface area contributed by atoms with Crippen molar-refractivity contribution in [2.45, 2.75) is 13.0 Å². The van der Waals surface area contributed by atoms with E-state index >= 15 is 0 Å². The van der Waals surface area contributed by atoms with Crippen molar-refractivity contribution in [3.8, 4) is 5.75 Å². The van der Waals surface area contributed by atoms with Crippen LogP contribution in [0.5, 0.6) is 5.75 Å². The number of carbonyl (C=O) groups is 1. The third kappa shape index (κ3) is 3.50. The zero-order valence-electron chi connectivity index (χ0n) is 9.07. The van der Waals surface area contributed by atoms with Gasteiger partial charge in [0.1, 0.15) is 17.9 Å². The fourth-order valence-corrected chi connectivity index (χ4v) is 1.43. The van der Waals surface area contributed by atoms with Gasteiger partial charge in [0.15, 0.2) is 0 Å². The molecule has 16 heavy (non-hydrogen) atoms. The molecule has 1 rings (SSSR count). The van der Waals surface area contributed by atoms with Crippen LogP contribution in [0.15, 0.2) is 22.7 Å². The van der Waals surface area contributed by atoms with E-state index in [1.165, 1.54) is 6.07 Å². The molecular formula is C11H13BrO4. The lowest BCUT2D eigenvalue weighted by molar-refractivity contribution is 0.0646. The molecule has 0 heterocycles. The molecule has 88 valence electrons. The maximum atomic E-state index is 11.0. The number of rotatable bonds is 5. The van der Waals surface area contributed by atoms with Gasteiger partial charge in [0, 0.05) is 11.6 Å². The average Bonchev–Trinajstić information content (AvgIpc) is 2.26. The van der Waals surface area contributed by atoms with E-state index < -0.39 is 5.97 Å². The first-order valence-electron chi connectivity index (χ1n) is 4.73. The van der Waals surface area contributed by atoms with Crippen LogP contribution in [0.3, 0.4) is 0 Å². The highest BCUT2D eigenvalue weighted by Gasteiger charge is 2.12. The summed E-state index contributed by atoms with van der Waals surface area (Å²) in [5, 5.41) is 8.98. The van der Waals surface area contributed by atoms with E-state index in [1.54, 1.807) is 19.2 Å². The van der Waals surface area contributed by atoms with E-state index in [0.717, 1.165) is 0 Å². The van der Waals surface area contributed by atoms with Gasteiger partial charge in [0.2, 0.25) is 0 Å². The van der Waals surface area contributed by atoms with Gasteiger partial charge in [-0.15, -0.1) is 0 Å². The summed E-state index contributed by atoms with van der Waals surface area (Å²) in [7, 11) is 1.58. The molecule has 1 aromatic rings. The Morgan fingerprint density at radius 3 is 2.81 bits per heavy atom. The summed E-state index contributed by atoms with van der Waals surface area (Å²) in [4.78, 5) is 11.0. The molecule has 0 aliphatic rings. The van der Waals surface area contributed by atoms with Crippen molar-refractivity contribution in [3.05, 3.63) is 28.2 Å². The van der Waals surface area contributed by atoms with Crippen molar-refractivity contribution in [1.82, 2.24) is 0 Å². The molecule has 1 atom stereocenters. The highest BCUT2D eigenvalue weighted by Crippen LogP contribution is 2.23. The smallest absolute Gasteiger partial charge is 0.339 e. The molecule has 1 aromatic carbocycles. The Bertz CT molecular complexity index is 378. The number of hydrogen-bond acceptors (Lipinski definition) is 3. The fraction of sp³-hybridized carbons (Fsp3) is 0.364. The predicted molar refractivity (Wildman–Crippen MR) is 63.1 cm³/mol. The van der Waals surface area contributed by atoms with E-state index in [-0.39, 0.29) is 11.7 Å². The van der Waals surface area contributed by atoms with Crippen molar-refractivity contribution >= 4 is 21.9 Å². The van der Waals surface area contributed by atoms with Crippen LogP contribution >= 0.6 is 15.9 Å². The molecule has 0 saturated heterocycles. The first kappa shape index (κ1) is 13.0. The number of benzene rings is 1. The van der Waals surface area contributed by atoms with E-state index in [1.807, 2.05) is 6.92 Å². The Hall–Kier alpha value is -1.07. The summed E-state index contributed by atoms with van der Waals surface area (Å²) in [5.41, 5.74) is 0.137. The molecule has 0 spiro atoms. The van der Waals surface area contributed by atoms with Crippen LogP contribution < -0.4 is 4.74 Å². The van der Waals surface area contributed by atoms with Gasteiger partial charge in [-0.05, 0) is 25.1 Å². The number of ether oxygens (including phenoxy) is 2. The maximum Gasteiger partial charge on any atom is 0.339 e. The predicted octanol–water partition coefficient (Wildman–Crippen LogP) is 2.56. The number of methoxy groups -OCH3 is 1. The molecule has 0 aliphatic carbocycles. The summed E-state index contributed by atoms with van der Waals surface area (Å²) in [5.74, 6) is -0.666. The van der Waals surface area contributed by atoms with Crippen LogP contribution in [0.2, 0.25) is 0 Å². The Labute approximate surface area is 102 Å². The Kier molecular flexibility index (Phi) is 4.76. The fourth-order valence-electron chi connectivity index (χ4n) is 1.07. The van der Waals surface area contributed by atoms with Gasteiger partial charge >= 0.3 is 5.97 Å². The van der Waals surface area contributed by atoms with Crippen LogP contribution in [-0.4, -0.2) is 30.9 Å². The molecule has 1 unspecified atom stereocenters. The van der Waals surface area contributed by atoms with Crippen molar-refractivity contribution in [3.63, 3.8) is 0 Å².